The Kier molecular flexibility index (Phi) is 7.99. The summed E-state index contributed by atoms with van der Waals surface area (Å²) in [6.07, 6.45) is 8.03. The van der Waals surface area contributed by atoms with E-state index in [9.17, 15) is 0 Å². The van der Waals surface area contributed by atoms with Gasteiger partial charge in [-0.3, -0.25) is 0 Å². The van der Waals surface area contributed by atoms with Crippen LogP contribution < -0.4 is 3.71 Å². The Morgan fingerprint density at radius 1 is 0.750 bits per heavy atom. The van der Waals surface area contributed by atoms with E-state index in [0.717, 1.165) is 11.0 Å². The van der Waals surface area contributed by atoms with E-state index in [4.69, 9.17) is 9.97 Å². The summed E-state index contributed by atoms with van der Waals surface area (Å²) in [5, 5.41) is 0. The molecule has 1 aromatic heterocycles. The fourth-order valence-corrected chi connectivity index (χ4v) is 20.2. The van der Waals surface area contributed by atoms with E-state index in [1.807, 2.05) is 0 Å². The van der Waals surface area contributed by atoms with Crippen LogP contribution in [0.15, 0.2) is 24.3 Å². The number of rotatable bonds is 10. The SMILES string of the molecule is CCC[CH2][Sn]([CH2]CCC)([CH2]CCC)[c]1nc2ccccc2nc1C. The van der Waals surface area contributed by atoms with Gasteiger partial charge in [0.1, 0.15) is 0 Å². The Morgan fingerprint density at radius 2 is 1.21 bits per heavy atom. The second-order valence-electron chi connectivity index (χ2n) is 7.24. The minimum absolute atomic E-state index is 1.06. The molecule has 3 heteroatoms. The first-order chi connectivity index (χ1) is 11.7. The molecule has 132 valence electrons. The van der Waals surface area contributed by atoms with E-state index in [-0.39, 0.29) is 0 Å². The molecule has 1 aromatic carbocycles. The molecule has 0 amide bonds. The zero-order chi connectivity index (χ0) is 17.4. The molecule has 0 saturated heterocycles. The Labute approximate surface area is 152 Å². The third-order valence-corrected chi connectivity index (χ3v) is 20.7. The minimum atomic E-state index is -2.48. The topological polar surface area (TPSA) is 25.8 Å². The molecule has 2 nitrogen and oxygen atoms in total. The van der Waals surface area contributed by atoms with Crippen molar-refractivity contribution in [1.29, 1.82) is 0 Å². The molecule has 1 heterocycles. The first kappa shape index (κ1) is 19.7. The summed E-state index contributed by atoms with van der Waals surface area (Å²) in [4.78, 5) is 10.2. The standard InChI is InChI=1S/C9H7N2.3C4H9.Sn/c1-7-6-10-8-4-2-3-5-9(8)11-7;3*1-3-4-2;/h2-5H,1H3;3*1,3-4H2,2H3;. The van der Waals surface area contributed by atoms with Crippen LogP contribution in [0.4, 0.5) is 0 Å². The predicted molar refractivity (Wildman–Crippen MR) is 109 cm³/mol. The summed E-state index contributed by atoms with van der Waals surface area (Å²) >= 11 is -2.48. The summed E-state index contributed by atoms with van der Waals surface area (Å²) in [5.41, 5.74) is 3.39. The van der Waals surface area contributed by atoms with Gasteiger partial charge in [0, 0.05) is 0 Å². The number of hydrogen-bond acceptors (Lipinski definition) is 2. The molecular weight excluding hydrogens is 399 g/mol. The van der Waals surface area contributed by atoms with Gasteiger partial charge in [-0.2, -0.15) is 0 Å². The number of nitrogens with zero attached hydrogens (tertiary/aromatic N) is 2. The van der Waals surface area contributed by atoms with Crippen molar-refractivity contribution in [2.75, 3.05) is 0 Å². The second kappa shape index (κ2) is 9.74. The summed E-state index contributed by atoms with van der Waals surface area (Å²) in [5.74, 6) is 0. The van der Waals surface area contributed by atoms with Gasteiger partial charge in [-0.15, -0.1) is 0 Å². The molecule has 2 aromatic rings. The van der Waals surface area contributed by atoms with Crippen LogP contribution in [0, 0.1) is 6.92 Å². The quantitative estimate of drug-likeness (QED) is 0.430. The van der Waals surface area contributed by atoms with Crippen molar-refractivity contribution >= 4 is 33.1 Å². The Balaban J connectivity index is 2.51. The Hall–Kier alpha value is -0.641. The van der Waals surface area contributed by atoms with Crippen molar-refractivity contribution in [3.63, 3.8) is 0 Å². The van der Waals surface area contributed by atoms with Crippen LogP contribution in [-0.4, -0.2) is 28.3 Å². The molecule has 2 rings (SSSR count). The molecule has 0 saturated carbocycles. The van der Waals surface area contributed by atoms with Gasteiger partial charge in [-0.05, 0) is 0 Å². The van der Waals surface area contributed by atoms with Gasteiger partial charge < -0.3 is 0 Å². The monoisotopic (exact) mass is 434 g/mol. The average Bonchev–Trinajstić information content (AvgIpc) is 2.61. The predicted octanol–water partition coefficient (Wildman–Crippen LogP) is 5.99. The number of aryl methyl sites for hydroxylation is 1. The Morgan fingerprint density at radius 3 is 1.67 bits per heavy atom. The molecule has 0 unspecified atom stereocenters. The van der Waals surface area contributed by atoms with Crippen LogP contribution >= 0.6 is 0 Å². The molecule has 0 N–H and O–H groups in total. The third-order valence-electron chi connectivity index (χ3n) is 5.27. The van der Waals surface area contributed by atoms with Gasteiger partial charge in [0.25, 0.3) is 0 Å². The summed E-state index contributed by atoms with van der Waals surface area (Å²) in [7, 11) is 0. The van der Waals surface area contributed by atoms with Crippen molar-refractivity contribution in [2.45, 2.75) is 79.5 Å². The van der Waals surface area contributed by atoms with Crippen LogP contribution in [0.2, 0.25) is 13.3 Å². The molecule has 0 spiro atoms. The normalized spacial score (nSPS) is 12.0. The van der Waals surface area contributed by atoms with E-state index in [2.05, 4.69) is 52.0 Å². The van der Waals surface area contributed by atoms with E-state index in [1.165, 1.54) is 61.2 Å². The van der Waals surface area contributed by atoms with Crippen LogP contribution in [-0.2, 0) is 0 Å². The van der Waals surface area contributed by atoms with Gasteiger partial charge in [0.05, 0.1) is 0 Å². The van der Waals surface area contributed by atoms with Gasteiger partial charge in [-0.1, -0.05) is 0 Å². The van der Waals surface area contributed by atoms with E-state index >= 15 is 0 Å². The van der Waals surface area contributed by atoms with Crippen molar-refractivity contribution in [2.24, 2.45) is 0 Å². The molecule has 0 atom stereocenters. The summed E-state index contributed by atoms with van der Waals surface area (Å²) < 4.78 is 5.86. The second-order valence-corrected chi connectivity index (χ2v) is 20.2. The fraction of sp³-hybridized carbons (Fsp3) is 0.619. The van der Waals surface area contributed by atoms with E-state index in [0.29, 0.717) is 0 Å². The molecular formula is C21H34N2Sn. The maximum absolute atomic E-state index is 5.24. The van der Waals surface area contributed by atoms with Gasteiger partial charge in [0.15, 0.2) is 0 Å². The first-order valence-electron chi connectivity index (χ1n) is 9.90. The van der Waals surface area contributed by atoms with E-state index < -0.39 is 18.4 Å². The van der Waals surface area contributed by atoms with Crippen molar-refractivity contribution in [1.82, 2.24) is 9.97 Å². The number of hydrogen-bond donors (Lipinski definition) is 0. The average molecular weight is 433 g/mol. The molecule has 0 aliphatic heterocycles. The first-order valence-corrected chi connectivity index (χ1v) is 17.4. The van der Waals surface area contributed by atoms with Crippen molar-refractivity contribution in [3.8, 4) is 0 Å². The number of fused-ring (bicyclic) bond motifs is 1. The van der Waals surface area contributed by atoms with Crippen LogP contribution in [0.3, 0.4) is 0 Å². The fourth-order valence-electron chi connectivity index (χ4n) is 3.87. The van der Waals surface area contributed by atoms with Crippen LogP contribution in [0.25, 0.3) is 11.0 Å². The van der Waals surface area contributed by atoms with Crippen molar-refractivity contribution < 1.29 is 0 Å². The summed E-state index contributed by atoms with van der Waals surface area (Å²) in [6, 6.07) is 8.40. The van der Waals surface area contributed by atoms with Crippen LogP contribution in [0.1, 0.15) is 65.0 Å². The molecule has 0 radical (unpaired) electrons. The van der Waals surface area contributed by atoms with Gasteiger partial charge >= 0.3 is 153 Å². The van der Waals surface area contributed by atoms with Gasteiger partial charge in [-0.25, -0.2) is 0 Å². The Bertz CT molecular complexity index is 617. The molecule has 0 aliphatic rings. The van der Waals surface area contributed by atoms with Gasteiger partial charge in [0.2, 0.25) is 0 Å². The maximum atomic E-state index is 5.24. The number of unbranched alkanes of at least 4 members (excludes halogenated alkanes) is 3. The zero-order valence-corrected chi connectivity index (χ0v) is 18.9. The third kappa shape index (κ3) is 4.71. The van der Waals surface area contributed by atoms with Crippen molar-refractivity contribution in [3.05, 3.63) is 30.0 Å². The molecule has 24 heavy (non-hydrogen) atoms. The van der Waals surface area contributed by atoms with E-state index in [1.54, 1.807) is 0 Å². The zero-order valence-electron chi connectivity index (χ0n) is 16.1. The number of aromatic nitrogens is 2. The molecule has 0 bridgehead atoms. The number of para-hydroxylation sites is 2. The molecule has 0 aliphatic carbocycles. The molecule has 0 fully saturated rings. The van der Waals surface area contributed by atoms with Crippen LogP contribution in [0.5, 0.6) is 0 Å². The number of benzene rings is 1. The summed E-state index contributed by atoms with van der Waals surface area (Å²) in [6.45, 7) is 9.20.